The maximum absolute atomic E-state index is 6.09. The number of hydrogen-bond donors (Lipinski definition) is 0. The van der Waals surface area contributed by atoms with Gasteiger partial charge in [0, 0.05) is 25.0 Å². The molecule has 2 fully saturated rings. The van der Waals surface area contributed by atoms with Crippen molar-refractivity contribution in [3.63, 3.8) is 0 Å². The molecule has 2 unspecified atom stereocenters. The summed E-state index contributed by atoms with van der Waals surface area (Å²) in [6.07, 6.45) is 9.93. The third-order valence-electron chi connectivity index (χ3n) is 4.56. The average molecular weight is 305 g/mol. The molecule has 2 aromatic rings. The molecule has 1 aliphatic carbocycles. The number of fused-ring (bicyclic) bond motifs is 1. The molecule has 2 aromatic heterocycles. The maximum Gasteiger partial charge on any atom is 0.256 e. The summed E-state index contributed by atoms with van der Waals surface area (Å²) in [4.78, 5) is 15.4. The zero-order valence-corrected chi connectivity index (χ0v) is 12.4. The molecule has 0 amide bonds. The van der Waals surface area contributed by atoms with Gasteiger partial charge in [-0.25, -0.2) is 4.68 Å². The first-order valence-corrected chi connectivity index (χ1v) is 7.87. The van der Waals surface area contributed by atoms with E-state index >= 15 is 0 Å². The Hall–Kier alpha value is -1.69. The second-order valence-corrected chi connectivity index (χ2v) is 6.09. The van der Waals surface area contributed by atoms with E-state index in [1.807, 2.05) is 12.3 Å². The average Bonchev–Trinajstić information content (AvgIpc) is 3.16. The van der Waals surface area contributed by atoms with E-state index in [1.165, 1.54) is 32.1 Å². The van der Waals surface area contributed by atoms with Crippen molar-refractivity contribution >= 4 is 17.5 Å². The van der Waals surface area contributed by atoms with Gasteiger partial charge < -0.3 is 4.90 Å². The molecule has 110 valence electrons. The van der Waals surface area contributed by atoms with Gasteiger partial charge >= 0.3 is 0 Å². The van der Waals surface area contributed by atoms with Crippen molar-refractivity contribution in [2.45, 2.75) is 38.1 Å². The van der Waals surface area contributed by atoms with Gasteiger partial charge in [-0.1, -0.05) is 12.8 Å². The molecule has 3 heterocycles. The molecule has 1 saturated carbocycles. The Morgan fingerprint density at radius 1 is 1.05 bits per heavy atom. The van der Waals surface area contributed by atoms with Gasteiger partial charge in [0.05, 0.1) is 0 Å². The zero-order chi connectivity index (χ0) is 14.2. The summed E-state index contributed by atoms with van der Waals surface area (Å²) < 4.78 is 1.62. The summed E-state index contributed by atoms with van der Waals surface area (Å²) in [5.41, 5.74) is 0. The number of rotatable bonds is 2. The Kier molecular flexibility index (Phi) is 3.25. The Morgan fingerprint density at radius 3 is 2.76 bits per heavy atom. The number of anilines is 1. The van der Waals surface area contributed by atoms with Crippen molar-refractivity contribution in [1.82, 2.24) is 24.7 Å². The highest BCUT2D eigenvalue weighted by Crippen LogP contribution is 2.37. The van der Waals surface area contributed by atoms with E-state index in [-0.39, 0.29) is 5.28 Å². The van der Waals surface area contributed by atoms with E-state index in [0.29, 0.717) is 17.9 Å². The molecule has 0 radical (unpaired) electrons. The van der Waals surface area contributed by atoms with Gasteiger partial charge in [-0.3, -0.25) is 0 Å². The topological polar surface area (TPSA) is 59.7 Å². The van der Waals surface area contributed by atoms with Gasteiger partial charge in [0.1, 0.15) is 0 Å². The summed E-state index contributed by atoms with van der Waals surface area (Å²) in [6.45, 7) is 1.01. The Balaban J connectivity index is 1.69. The number of aromatic nitrogens is 5. The van der Waals surface area contributed by atoms with Gasteiger partial charge in [0.2, 0.25) is 11.2 Å². The molecule has 0 N–H and O–H groups in total. The predicted molar refractivity (Wildman–Crippen MR) is 79.7 cm³/mol. The lowest BCUT2D eigenvalue weighted by Gasteiger charge is -2.31. The summed E-state index contributed by atoms with van der Waals surface area (Å²) in [5, 5.41) is 4.39. The molecule has 6 nitrogen and oxygen atoms in total. The van der Waals surface area contributed by atoms with Crippen molar-refractivity contribution in [3.8, 4) is 5.95 Å². The highest BCUT2D eigenvalue weighted by atomic mass is 35.5. The minimum atomic E-state index is 0.227. The molecule has 4 rings (SSSR count). The molecule has 2 atom stereocenters. The molecule has 0 aromatic carbocycles. The summed E-state index contributed by atoms with van der Waals surface area (Å²) in [7, 11) is 0. The van der Waals surface area contributed by atoms with Crippen LogP contribution >= 0.6 is 11.6 Å². The van der Waals surface area contributed by atoms with E-state index < -0.39 is 0 Å². The third-order valence-corrected chi connectivity index (χ3v) is 4.73. The standard InChI is InChI=1S/C14H17ClN6/c15-12-17-13(19-14(18-12)21-8-3-7-16-21)20-9-6-10-4-1-2-5-11(10)20/h3,7-8,10-11H,1-2,4-6,9H2. The van der Waals surface area contributed by atoms with Crippen LogP contribution in [0.1, 0.15) is 32.1 Å². The van der Waals surface area contributed by atoms with E-state index in [4.69, 9.17) is 11.6 Å². The summed E-state index contributed by atoms with van der Waals surface area (Å²) in [6, 6.07) is 2.40. The molecule has 0 spiro atoms. The van der Waals surface area contributed by atoms with Crippen LogP contribution in [0.2, 0.25) is 5.28 Å². The smallest absolute Gasteiger partial charge is 0.256 e. The number of hydrogen-bond acceptors (Lipinski definition) is 5. The first-order valence-electron chi connectivity index (χ1n) is 7.49. The zero-order valence-electron chi connectivity index (χ0n) is 11.7. The van der Waals surface area contributed by atoms with Crippen LogP contribution in [-0.2, 0) is 0 Å². The Morgan fingerprint density at radius 2 is 1.90 bits per heavy atom. The highest BCUT2D eigenvalue weighted by molar-refractivity contribution is 6.28. The molecule has 2 aliphatic rings. The predicted octanol–water partition coefficient (Wildman–Crippen LogP) is 2.48. The van der Waals surface area contributed by atoms with E-state index in [2.05, 4.69) is 25.0 Å². The molecular formula is C14H17ClN6. The monoisotopic (exact) mass is 304 g/mol. The van der Waals surface area contributed by atoms with E-state index in [9.17, 15) is 0 Å². The minimum Gasteiger partial charge on any atom is -0.337 e. The van der Waals surface area contributed by atoms with Crippen molar-refractivity contribution < 1.29 is 0 Å². The van der Waals surface area contributed by atoms with Gasteiger partial charge in [0.15, 0.2) is 0 Å². The largest absolute Gasteiger partial charge is 0.337 e. The Labute approximate surface area is 128 Å². The minimum absolute atomic E-state index is 0.227. The highest BCUT2D eigenvalue weighted by Gasteiger charge is 2.37. The molecule has 1 saturated heterocycles. The molecule has 21 heavy (non-hydrogen) atoms. The molecule has 7 heteroatoms. The normalized spacial score (nSPS) is 25.1. The third kappa shape index (κ3) is 2.37. The van der Waals surface area contributed by atoms with Crippen molar-refractivity contribution in [3.05, 3.63) is 23.7 Å². The first-order chi connectivity index (χ1) is 10.3. The molecule has 1 aliphatic heterocycles. The SMILES string of the molecule is Clc1nc(N2CCC3CCCCC32)nc(-n2cccn2)n1. The lowest BCUT2D eigenvalue weighted by atomic mass is 9.85. The van der Waals surface area contributed by atoms with Crippen molar-refractivity contribution in [2.24, 2.45) is 5.92 Å². The van der Waals surface area contributed by atoms with Crippen LogP contribution in [-0.4, -0.2) is 37.3 Å². The van der Waals surface area contributed by atoms with E-state index in [0.717, 1.165) is 12.5 Å². The van der Waals surface area contributed by atoms with Crippen LogP contribution in [0.15, 0.2) is 18.5 Å². The van der Waals surface area contributed by atoms with Crippen LogP contribution < -0.4 is 4.90 Å². The fraction of sp³-hybridized carbons (Fsp3) is 0.571. The van der Waals surface area contributed by atoms with Crippen molar-refractivity contribution in [1.29, 1.82) is 0 Å². The Bertz CT molecular complexity index is 628. The summed E-state index contributed by atoms with van der Waals surface area (Å²) >= 11 is 6.09. The van der Waals surface area contributed by atoms with Crippen LogP contribution in [0.25, 0.3) is 5.95 Å². The van der Waals surface area contributed by atoms with Crippen molar-refractivity contribution in [2.75, 3.05) is 11.4 Å². The lowest BCUT2D eigenvalue weighted by molar-refractivity contribution is 0.340. The fourth-order valence-corrected chi connectivity index (χ4v) is 3.75. The molecule has 0 bridgehead atoms. The fourth-order valence-electron chi connectivity index (χ4n) is 3.60. The van der Waals surface area contributed by atoms with Gasteiger partial charge in [-0.15, -0.1) is 0 Å². The maximum atomic E-state index is 6.09. The number of nitrogens with zero attached hydrogens (tertiary/aromatic N) is 6. The summed E-state index contributed by atoms with van der Waals surface area (Å²) in [5.74, 6) is 1.95. The van der Waals surface area contributed by atoms with Crippen LogP contribution in [0, 0.1) is 5.92 Å². The van der Waals surface area contributed by atoms with E-state index in [1.54, 1.807) is 10.9 Å². The van der Waals surface area contributed by atoms with Gasteiger partial charge in [0.25, 0.3) is 5.95 Å². The van der Waals surface area contributed by atoms with Crippen LogP contribution in [0.3, 0.4) is 0 Å². The van der Waals surface area contributed by atoms with Gasteiger partial charge in [-0.2, -0.15) is 20.1 Å². The quantitative estimate of drug-likeness (QED) is 0.853. The van der Waals surface area contributed by atoms with Crippen LogP contribution in [0.5, 0.6) is 0 Å². The van der Waals surface area contributed by atoms with Gasteiger partial charge in [-0.05, 0) is 42.8 Å². The first kappa shape index (κ1) is 13.0. The van der Waals surface area contributed by atoms with Crippen LogP contribution in [0.4, 0.5) is 5.95 Å². The second kappa shape index (κ2) is 5.26. The lowest BCUT2D eigenvalue weighted by Crippen LogP contribution is -2.36. The molecular weight excluding hydrogens is 288 g/mol. The number of halogens is 1. The second-order valence-electron chi connectivity index (χ2n) is 5.75.